The van der Waals surface area contributed by atoms with Crippen LogP contribution in [0.5, 0.6) is 0 Å². The lowest BCUT2D eigenvalue weighted by molar-refractivity contribution is -0.0286. The highest BCUT2D eigenvalue weighted by molar-refractivity contribution is 5.31. The first-order valence-corrected chi connectivity index (χ1v) is 11.1. The number of hydrogen-bond acceptors (Lipinski definition) is 5. The maximum atomic E-state index is 11.7. The van der Waals surface area contributed by atoms with Crippen molar-refractivity contribution in [3.05, 3.63) is 83.5 Å². The summed E-state index contributed by atoms with van der Waals surface area (Å²) in [5.41, 5.74) is 1.05. The average molecular weight is 404 g/mol. The van der Waals surface area contributed by atoms with Gasteiger partial charge < -0.3 is 9.63 Å². The number of aliphatic hydroxyl groups is 1. The molecule has 1 unspecified atom stereocenters. The Bertz CT molecular complexity index is 947. The van der Waals surface area contributed by atoms with E-state index >= 15 is 0 Å². The molecule has 5 heteroatoms. The van der Waals surface area contributed by atoms with Crippen LogP contribution in [0.2, 0.25) is 0 Å². The molecule has 0 bridgehead atoms. The van der Waals surface area contributed by atoms with Gasteiger partial charge in [0, 0.05) is 12.5 Å². The molecule has 1 atom stereocenters. The molecule has 2 aliphatic rings. The minimum atomic E-state index is -1.16. The summed E-state index contributed by atoms with van der Waals surface area (Å²) in [7, 11) is 0. The second-order valence-electron chi connectivity index (χ2n) is 8.75. The predicted octanol–water partition coefficient (Wildman–Crippen LogP) is 4.49. The van der Waals surface area contributed by atoms with Crippen LogP contribution in [0, 0.1) is 5.92 Å². The third kappa shape index (κ3) is 3.68. The lowest BCUT2D eigenvalue weighted by Gasteiger charge is -2.39. The van der Waals surface area contributed by atoms with Gasteiger partial charge in [0.25, 0.3) is 0 Å². The highest BCUT2D eigenvalue weighted by Gasteiger charge is 2.47. The van der Waals surface area contributed by atoms with Gasteiger partial charge >= 0.3 is 0 Å². The Morgan fingerprint density at radius 2 is 1.60 bits per heavy atom. The van der Waals surface area contributed by atoms with Gasteiger partial charge in [0.1, 0.15) is 0 Å². The van der Waals surface area contributed by atoms with E-state index in [2.05, 4.69) is 40.4 Å². The zero-order valence-corrected chi connectivity index (χ0v) is 17.3. The molecule has 5 nitrogen and oxygen atoms in total. The summed E-state index contributed by atoms with van der Waals surface area (Å²) < 4.78 is 5.70. The van der Waals surface area contributed by atoms with E-state index in [1.165, 1.54) is 5.56 Å². The maximum Gasteiger partial charge on any atom is 0.229 e. The topological polar surface area (TPSA) is 62.4 Å². The van der Waals surface area contributed by atoms with Crippen LogP contribution in [0.4, 0.5) is 0 Å². The van der Waals surface area contributed by atoms with Crippen LogP contribution in [-0.2, 0) is 12.1 Å². The normalized spacial score (nSPS) is 20.6. The minimum absolute atomic E-state index is 0.151. The molecule has 1 aliphatic carbocycles. The van der Waals surface area contributed by atoms with Crippen molar-refractivity contribution in [1.29, 1.82) is 0 Å². The molecule has 1 aliphatic heterocycles. The van der Waals surface area contributed by atoms with Crippen LogP contribution >= 0.6 is 0 Å². The van der Waals surface area contributed by atoms with Crippen molar-refractivity contribution in [1.82, 2.24) is 15.0 Å². The fourth-order valence-electron chi connectivity index (χ4n) is 4.80. The van der Waals surface area contributed by atoms with E-state index in [0.717, 1.165) is 57.3 Å². The van der Waals surface area contributed by atoms with Gasteiger partial charge in [-0.05, 0) is 55.8 Å². The van der Waals surface area contributed by atoms with Crippen molar-refractivity contribution in [2.45, 2.75) is 50.2 Å². The van der Waals surface area contributed by atoms with Crippen molar-refractivity contribution in [3.63, 3.8) is 0 Å². The van der Waals surface area contributed by atoms with Gasteiger partial charge in [0.15, 0.2) is 5.60 Å². The smallest absolute Gasteiger partial charge is 0.229 e. The summed E-state index contributed by atoms with van der Waals surface area (Å²) in [5, 5.41) is 16.0. The lowest BCUT2D eigenvalue weighted by atomic mass is 9.69. The second-order valence-corrected chi connectivity index (χ2v) is 8.75. The Hall–Kier alpha value is -2.50. The maximum absolute atomic E-state index is 11.7. The second kappa shape index (κ2) is 8.32. The largest absolute Gasteiger partial charge is 0.377 e. The molecule has 2 heterocycles. The number of likely N-dealkylation sites (tertiary alicyclic amines) is 1. The third-order valence-electron chi connectivity index (χ3n) is 6.88. The SMILES string of the molecule is OC(c1ccccc1)(c1noc(C2CCN(Cc3ccccc3)CC2)n1)C1CCC1. The quantitative estimate of drug-likeness (QED) is 0.657. The molecule has 2 fully saturated rings. The molecule has 1 saturated carbocycles. The summed E-state index contributed by atoms with van der Waals surface area (Å²) >= 11 is 0. The van der Waals surface area contributed by atoms with E-state index in [-0.39, 0.29) is 11.8 Å². The fraction of sp³-hybridized carbons (Fsp3) is 0.440. The van der Waals surface area contributed by atoms with Gasteiger partial charge in [-0.3, -0.25) is 4.90 Å². The summed E-state index contributed by atoms with van der Waals surface area (Å²) in [5.74, 6) is 1.52. The van der Waals surface area contributed by atoms with Crippen molar-refractivity contribution < 1.29 is 9.63 Å². The Kier molecular flexibility index (Phi) is 5.40. The highest BCUT2D eigenvalue weighted by Crippen LogP contribution is 2.46. The van der Waals surface area contributed by atoms with Crippen molar-refractivity contribution in [3.8, 4) is 0 Å². The predicted molar refractivity (Wildman–Crippen MR) is 115 cm³/mol. The molecule has 0 amide bonds. The van der Waals surface area contributed by atoms with Gasteiger partial charge in [0.2, 0.25) is 11.7 Å². The molecule has 156 valence electrons. The molecule has 3 aromatic rings. The van der Waals surface area contributed by atoms with Crippen molar-refractivity contribution in [2.24, 2.45) is 5.92 Å². The summed E-state index contributed by atoms with van der Waals surface area (Å²) in [4.78, 5) is 7.23. The van der Waals surface area contributed by atoms with Gasteiger partial charge in [-0.2, -0.15) is 4.98 Å². The van der Waals surface area contributed by atoms with Crippen LogP contribution in [0.3, 0.4) is 0 Å². The van der Waals surface area contributed by atoms with Crippen LogP contribution in [-0.4, -0.2) is 33.2 Å². The molecular formula is C25H29N3O2. The number of aromatic nitrogens is 2. The molecule has 2 aromatic carbocycles. The fourth-order valence-corrected chi connectivity index (χ4v) is 4.80. The third-order valence-corrected chi connectivity index (χ3v) is 6.88. The zero-order chi connectivity index (χ0) is 20.4. The molecule has 0 spiro atoms. The van der Waals surface area contributed by atoms with Crippen LogP contribution in [0.1, 0.15) is 60.9 Å². The molecule has 0 radical (unpaired) electrons. The van der Waals surface area contributed by atoms with Crippen LogP contribution in [0.25, 0.3) is 0 Å². The summed E-state index contributed by atoms with van der Waals surface area (Å²) in [6.45, 7) is 3.02. The highest BCUT2D eigenvalue weighted by atomic mass is 16.5. The van der Waals surface area contributed by atoms with E-state index in [4.69, 9.17) is 9.51 Å². The summed E-state index contributed by atoms with van der Waals surface area (Å²) in [6.07, 6.45) is 5.13. The number of hydrogen-bond donors (Lipinski definition) is 1. The van der Waals surface area contributed by atoms with E-state index in [1.807, 2.05) is 30.3 Å². The number of nitrogens with zero attached hydrogens (tertiary/aromatic N) is 3. The average Bonchev–Trinajstić information content (AvgIpc) is 3.25. The standard InChI is InChI=1S/C25H29N3O2/c29-25(22-12-7-13-22,21-10-5-2-6-11-21)24-26-23(30-27-24)20-14-16-28(17-15-20)18-19-8-3-1-4-9-19/h1-6,8-11,20,22,29H,7,12-18H2. The first-order chi connectivity index (χ1) is 14.7. The number of rotatable bonds is 6. The minimum Gasteiger partial charge on any atom is -0.377 e. The first kappa shape index (κ1) is 19.5. The van der Waals surface area contributed by atoms with Gasteiger partial charge in [-0.25, -0.2) is 0 Å². The van der Waals surface area contributed by atoms with Crippen molar-refractivity contribution in [2.75, 3.05) is 13.1 Å². The molecule has 1 aromatic heterocycles. The van der Waals surface area contributed by atoms with Gasteiger partial charge in [-0.1, -0.05) is 72.2 Å². The Labute approximate surface area is 177 Å². The van der Waals surface area contributed by atoms with Crippen LogP contribution in [0.15, 0.2) is 65.2 Å². The van der Waals surface area contributed by atoms with Gasteiger partial charge in [-0.15, -0.1) is 0 Å². The molecule has 1 N–H and O–H groups in total. The molecule has 30 heavy (non-hydrogen) atoms. The monoisotopic (exact) mass is 403 g/mol. The Balaban J connectivity index is 1.29. The van der Waals surface area contributed by atoms with Crippen molar-refractivity contribution >= 4 is 0 Å². The molecular weight excluding hydrogens is 374 g/mol. The number of benzene rings is 2. The molecule has 1 saturated heterocycles. The summed E-state index contributed by atoms with van der Waals surface area (Å²) in [6, 6.07) is 20.4. The van der Waals surface area contributed by atoms with Crippen LogP contribution < -0.4 is 0 Å². The molecule has 5 rings (SSSR count). The number of piperidine rings is 1. The van der Waals surface area contributed by atoms with Gasteiger partial charge in [0.05, 0.1) is 0 Å². The van der Waals surface area contributed by atoms with E-state index in [1.54, 1.807) is 0 Å². The Morgan fingerprint density at radius 3 is 2.23 bits per heavy atom. The lowest BCUT2D eigenvalue weighted by Crippen LogP contribution is -2.41. The van der Waals surface area contributed by atoms with E-state index in [0.29, 0.717) is 11.7 Å². The first-order valence-electron chi connectivity index (χ1n) is 11.1. The van der Waals surface area contributed by atoms with E-state index < -0.39 is 5.60 Å². The zero-order valence-electron chi connectivity index (χ0n) is 17.3. The van der Waals surface area contributed by atoms with E-state index in [9.17, 15) is 5.11 Å². The Morgan fingerprint density at radius 1 is 0.933 bits per heavy atom.